The largest absolute Gasteiger partial charge is 0.347 e. The number of rotatable bonds is 2. The topological polar surface area (TPSA) is 62.0 Å². The molecule has 0 aliphatic heterocycles. The van der Waals surface area contributed by atoms with Crippen molar-refractivity contribution in [3.8, 4) is 11.3 Å². The molecule has 104 valence electrons. The maximum Gasteiger partial charge on any atom is 0.261 e. The summed E-state index contributed by atoms with van der Waals surface area (Å²) in [6.07, 6.45) is 0. The highest BCUT2D eigenvalue weighted by Gasteiger charge is 2.17. The fraction of sp³-hybridized carbons (Fsp3) is 0.250. The van der Waals surface area contributed by atoms with Gasteiger partial charge in [-0.3, -0.25) is 9.59 Å². The van der Waals surface area contributed by atoms with Crippen molar-refractivity contribution >= 4 is 5.91 Å². The van der Waals surface area contributed by atoms with Crippen molar-refractivity contribution in [1.29, 1.82) is 0 Å². The van der Waals surface area contributed by atoms with Gasteiger partial charge in [0, 0.05) is 11.2 Å². The third kappa shape index (κ3) is 3.35. The highest BCUT2D eigenvalue weighted by molar-refractivity contribution is 5.94. The van der Waals surface area contributed by atoms with E-state index >= 15 is 0 Å². The van der Waals surface area contributed by atoms with Crippen LogP contribution in [-0.2, 0) is 0 Å². The summed E-state index contributed by atoms with van der Waals surface area (Å²) >= 11 is 0. The predicted octanol–water partition coefficient (Wildman–Crippen LogP) is 2.57. The Morgan fingerprint density at radius 3 is 2.25 bits per heavy atom. The number of H-pyrrole nitrogens is 1. The van der Waals surface area contributed by atoms with E-state index in [-0.39, 0.29) is 22.6 Å². The van der Waals surface area contributed by atoms with E-state index in [0.717, 1.165) is 5.56 Å². The molecule has 0 saturated carbocycles. The molecule has 0 radical (unpaired) electrons. The summed E-state index contributed by atoms with van der Waals surface area (Å²) in [7, 11) is 0. The highest BCUT2D eigenvalue weighted by Crippen LogP contribution is 2.14. The van der Waals surface area contributed by atoms with Crippen molar-refractivity contribution in [3.63, 3.8) is 0 Å². The molecule has 0 saturated heterocycles. The summed E-state index contributed by atoms with van der Waals surface area (Å²) in [6.45, 7) is 5.62. The lowest BCUT2D eigenvalue weighted by Crippen LogP contribution is -2.42. The molecular formula is C16H18N2O2. The van der Waals surface area contributed by atoms with Gasteiger partial charge >= 0.3 is 0 Å². The smallest absolute Gasteiger partial charge is 0.261 e. The van der Waals surface area contributed by atoms with Gasteiger partial charge in [-0.2, -0.15) is 0 Å². The first-order valence-corrected chi connectivity index (χ1v) is 6.48. The Morgan fingerprint density at radius 1 is 1.05 bits per heavy atom. The molecule has 20 heavy (non-hydrogen) atoms. The molecule has 0 unspecified atom stereocenters. The molecule has 2 rings (SSSR count). The summed E-state index contributed by atoms with van der Waals surface area (Å²) in [5.41, 5.74) is 0.977. The molecule has 0 fully saturated rings. The molecule has 1 heterocycles. The highest BCUT2D eigenvalue weighted by atomic mass is 16.2. The average molecular weight is 270 g/mol. The zero-order chi connectivity index (χ0) is 14.8. The maximum absolute atomic E-state index is 12.0. The van der Waals surface area contributed by atoms with Crippen LogP contribution in [0.4, 0.5) is 0 Å². The summed E-state index contributed by atoms with van der Waals surface area (Å²) in [5, 5.41) is 2.78. The van der Waals surface area contributed by atoms with Gasteiger partial charge in [0.2, 0.25) is 0 Å². The van der Waals surface area contributed by atoms with Crippen LogP contribution in [0, 0.1) is 0 Å². The quantitative estimate of drug-likeness (QED) is 0.881. The van der Waals surface area contributed by atoms with Crippen molar-refractivity contribution in [2.75, 3.05) is 0 Å². The van der Waals surface area contributed by atoms with Crippen LogP contribution in [0.3, 0.4) is 0 Å². The number of carbonyl (C=O) groups excluding carboxylic acids is 1. The van der Waals surface area contributed by atoms with Gasteiger partial charge < -0.3 is 10.3 Å². The molecular weight excluding hydrogens is 252 g/mol. The lowest BCUT2D eigenvalue weighted by Gasteiger charge is -2.20. The minimum absolute atomic E-state index is 0.125. The van der Waals surface area contributed by atoms with E-state index in [1.54, 1.807) is 12.1 Å². The van der Waals surface area contributed by atoms with E-state index in [1.165, 1.54) is 0 Å². The maximum atomic E-state index is 12.0. The predicted molar refractivity (Wildman–Crippen MR) is 79.7 cm³/mol. The van der Waals surface area contributed by atoms with Gasteiger partial charge in [-0.15, -0.1) is 0 Å². The van der Waals surface area contributed by atoms with E-state index in [1.807, 2.05) is 51.1 Å². The molecule has 0 atom stereocenters. The lowest BCUT2D eigenvalue weighted by molar-refractivity contribution is 0.0918. The number of carbonyl (C=O) groups is 1. The fourth-order valence-corrected chi connectivity index (χ4v) is 1.85. The van der Waals surface area contributed by atoms with E-state index in [2.05, 4.69) is 10.3 Å². The van der Waals surface area contributed by atoms with Gasteiger partial charge in [0.05, 0.1) is 0 Å². The number of aromatic nitrogens is 1. The molecule has 0 bridgehead atoms. The Kier molecular flexibility index (Phi) is 3.74. The van der Waals surface area contributed by atoms with E-state index in [9.17, 15) is 9.59 Å². The molecule has 1 aromatic carbocycles. The third-order valence-electron chi connectivity index (χ3n) is 2.73. The summed E-state index contributed by atoms with van der Waals surface area (Å²) in [5.74, 6) is -0.363. The zero-order valence-electron chi connectivity index (χ0n) is 11.9. The average Bonchev–Trinajstić information content (AvgIpc) is 2.37. The Hall–Kier alpha value is -2.36. The van der Waals surface area contributed by atoms with Crippen molar-refractivity contribution in [2.24, 2.45) is 0 Å². The number of amides is 1. The molecule has 4 nitrogen and oxygen atoms in total. The lowest BCUT2D eigenvalue weighted by atomic mass is 10.1. The first-order valence-electron chi connectivity index (χ1n) is 6.48. The first kappa shape index (κ1) is 14.1. The van der Waals surface area contributed by atoms with E-state index in [4.69, 9.17) is 0 Å². The molecule has 0 aliphatic carbocycles. The Balaban J connectivity index is 2.32. The van der Waals surface area contributed by atoms with Crippen LogP contribution in [0.5, 0.6) is 0 Å². The molecule has 0 aliphatic rings. The summed E-state index contributed by atoms with van der Waals surface area (Å²) in [4.78, 5) is 26.8. The van der Waals surface area contributed by atoms with Gasteiger partial charge in [0.25, 0.3) is 11.5 Å². The monoisotopic (exact) mass is 270 g/mol. The molecule has 1 aromatic heterocycles. The minimum atomic E-state index is -0.381. The minimum Gasteiger partial charge on any atom is -0.347 e. The summed E-state index contributed by atoms with van der Waals surface area (Å²) < 4.78 is 0. The van der Waals surface area contributed by atoms with Crippen LogP contribution in [0.1, 0.15) is 31.1 Å². The second-order valence-electron chi connectivity index (χ2n) is 5.68. The van der Waals surface area contributed by atoms with E-state index in [0.29, 0.717) is 5.69 Å². The second kappa shape index (κ2) is 5.33. The molecule has 1 amide bonds. The Labute approximate surface area is 117 Å². The Bertz CT molecular complexity index is 667. The zero-order valence-corrected chi connectivity index (χ0v) is 11.9. The van der Waals surface area contributed by atoms with Crippen molar-refractivity contribution in [3.05, 3.63) is 58.4 Å². The van der Waals surface area contributed by atoms with Crippen LogP contribution in [0.25, 0.3) is 11.3 Å². The number of pyridine rings is 1. The molecule has 0 spiro atoms. The van der Waals surface area contributed by atoms with Crippen molar-refractivity contribution in [1.82, 2.24) is 10.3 Å². The van der Waals surface area contributed by atoms with Crippen LogP contribution < -0.4 is 10.9 Å². The van der Waals surface area contributed by atoms with Crippen molar-refractivity contribution < 1.29 is 4.79 Å². The standard InChI is InChI=1S/C16H18N2O2/c1-16(2,3)18-15(20)12-9-10-13(17-14(12)19)11-7-5-4-6-8-11/h4-10H,1-3H3,(H,17,19)(H,18,20). The fourth-order valence-electron chi connectivity index (χ4n) is 1.85. The number of nitrogens with one attached hydrogen (secondary N) is 2. The van der Waals surface area contributed by atoms with Gasteiger partial charge in [-0.1, -0.05) is 30.3 Å². The number of hydrogen-bond donors (Lipinski definition) is 2. The van der Waals surface area contributed by atoms with Gasteiger partial charge in [-0.25, -0.2) is 0 Å². The Morgan fingerprint density at radius 2 is 1.70 bits per heavy atom. The van der Waals surface area contributed by atoms with Crippen molar-refractivity contribution in [2.45, 2.75) is 26.3 Å². The molecule has 4 heteroatoms. The van der Waals surface area contributed by atoms with Crippen LogP contribution in [0.15, 0.2) is 47.3 Å². The third-order valence-corrected chi connectivity index (χ3v) is 2.73. The summed E-state index contributed by atoms with van der Waals surface area (Å²) in [6, 6.07) is 12.8. The molecule has 2 aromatic rings. The van der Waals surface area contributed by atoms with Gasteiger partial charge in [0.1, 0.15) is 5.56 Å². The van der Waals surface area contributed by atoms with Gasteiger partial charge in [-0.05, 0) is 38.5 Å². The normalized spacial score (nSPS) is 11.2. The van der Waals surface area contributed by atoms with E-state index < -0.39 is 0 Å². The van der Waals surface area contributed by atoms with Crippen LogP contribution in [-0.4, -0.2) is 16.4 Å². The first-order chi connectivity index (χ1) is 9.37. The van der Waals surface area contributed by atoms with Gasteiger partial charge in [0.15, 0.2) is 0 Å². The van der Waals surface area contributed by atoms with Crippen LogP contribution in [0.2, 0.25) is 0 Å². The molecule has 2 N–H and O–H groups in total. The van der Waals surface area contributed by atoms with Crippen LogP contribution >= 0.6 is 0 Å². The number of hydrogen-bond acceptors (Lipinski definition) is 2. The number of benzene rings is 1. The second-order valence-corrected chi connectivity index (χ2v) is 5.68. The number of aromatic amines is 1. The SMILES string of the molecule is CC(C)(C)NC(=O)c1ccc(-c2ccccc2)[nH]c1=O.